The smallest absolute Gasteiger partial charge is 0.407 e. The molecule has 3 aromatic rings. The predicted molar refractivity (Wildman–Crippen MR) is 101 cm³/mol. The molecule has 0 atom stereocenters. The molecule has 29 heavy (non-hydrogen) atoms. The molecule has 152 valence electrons. The zero-order chi connectivity index (χ0) is 20.6. The summed E-state index contributed by atoms with van der Waals surface area (Å²) in [6.07, 6.45) is 5.47. The summed E-state index contributed by atoms with van der Waals surface area (Å²) >= 11 is 0. The Morgan fingerprint density at radius 2 is 1.93 bits per heavy atom. The molecule has 0 aliphatic carbocycles. The van der Waals surface area contributed by atoms with E-state index in [1.54, 1.807) is 10.6 Å². The summed E-state index contributed by atoms with van der Waals surface area (Å²) in [5.41, 5.74) is 1.55. The molecule has 0 unspecified atom stereocenters. The van der Waals surface area contributed by atoms with Crippen LogP contribution in [-0.2, 0) is 9.84 Å². The van der Waals surface area contributed by atoms with E-state index in [0.29, 0.717) is 48.7 Å². The number of nitrogens with zero attached hydrogens (tertiary/aromatic N) is 6. The minimum absolute atomic E-state index is 0.0166. The SMILES string of the molecule is CS(=O)(=O)c1ccc(-n2cnc3c(OC4CCN(C(=O)O)CC4)ncnc32)cn1. The molecular formula is C17H18N6O5S. The van der Waals surface area contributed by atoms with Crippen molar-refractivity contribution in [3.8, 4) is 11.6 Å². The van der Waals surface area contributed by atoms with E-state index in [-0.39, 0.29) is 11.1 Å². The van der Waals surface area contributed by atoms with Crippen LogP contribution in [0.15, 0.2) is 36.0 Å². The van der Waals surface area contributed by atoms with Gasteiger partial charge in [-0.1, -0.05) is 0 Å². The van der Waals surface area contributed by atoms with Gasteiger partial charge in [-0.15, -0.1) is 0 Å². The number of carbonyl (C=O) groups is 1. The molecule has 0 radical (unpaired) electrons. The maximum Gasteiger partial charge on any atom is 0.407 e. The van der Waals surface area contributed by atoms with Gasteiger partial charge < -0.3 is 14.7 Å². The second-order valence-electron chi connectivity index (χ2n) is 6.68. The van der Waals surface area contributed by atoms with Gasteiger partial charge in [-0.2, -0.15) is 4.98 Å². The zero-order valence-electron chi connectivity index (χ0n) is 15.5. The van der Waals surface area contributed by atoms with E-state index in [4.69, 9.17) is 9.84 Å². The fraction of sp³-hybridized carbons (Fsp3) is 0.353. The maximum absolute atomic E-state index is 11.6. The Labute approximate surface area is 165 Å². The van der Waals surface area contributed by atoms with Crippen LogP contribution in [0.2, 0.25) is 0 Å². The van der Waals surface area contributed by atoms with Gasteiger partial charge in [0.05, 0.1) is 11.9 Å². The van der Waals surface area contributed by atoms with Crippen molar-refractivity contribution in [1.29, 1.82) is 0 Å². The normalized spacial score (nSPS) is 15.6. The third-order valence-electron chi connectivity index (χ3n) is 4.67. The Balaban J connectivity index is 1.58. The fourth-order valence-corrected chi connectivity index (χ4v) is 3.71. The lowest BCUT2D eigenvalue weighted by molar-refractivity contribution is 0.0878. The summed E-state index contributed by atoms with van der Waals surface area (Å²) in [5, 5.41) is 9.02. The van der Waals surface area contributed by atoms with Crippen molar-refractivity contribution in [3.63, 3.8) is 0 Å². The number of carboxylic acid groups (broad SMARTS) is 1. The Morgan fingerprint density at radius 1 is 1.17 bits per heavy atom. The Bertz CT molecular complexity index is 1150. The summed E-state index contributed by atoms with van der Waals surface area (Å²) in [4.78, 5) is 29.1. The minimum atomic E-state index is -3.39. The largest absolute Gasteiger partial charge is 0.473 e. The van der Waals surface area contributed by atoms with Crippen LogP contribution >= 0.6 is 0 Å². The molecule has 1 N–H and O–H groups in total. The number of rotatable bonds is 4. The third-order valence-corrected chi connectivity index (χ3v) is 5.67. The summed E-state index contributed by atoms with van der Waals surface area (Å²) in [7, 11) is -3.39. The van der Waals surface area contributed by atoms with Crippen LogP contribution in [0.25, 0.3) is 16.9 Å². The molecule has 0 saturated carbocycles. The number of sulfone groups is 1. The van der Waals surface area contributed by atoms with Crippen LogP contribution < -0.4 is 4.74 Å². The maximum atomic E-state index is 11.6. The van der Waals surface area contributed by atoms with Gasteiger partial charge in [0.1, 0.15) is 18.8 Å². The van der Waals surface area contributed by atoms with Crippen LogP contribution in [-0.4, -0.2) is 74.5 Å². The number of likely N-dealkylation sites (tertiary alicyclic amines) is 1. The average Bonchev–Trinajstić information content (AvgIpc) is 3.13. The van der Waals surface area contributed by atoms with E-state index >= 15 is 0 Å². The van der Waals surface area contributed by atoms with Crippen LogP contribution in [0, 0.1) is 0 Å². The molecule has 0 aromatic carbocycles. The van der Waals surface area contributed by atoms with Crippen molar-refractivity contribution in [2.24, 2.45) is 0 Å². The van der Waals surface area contributed by atoms with E-state index in [2.05, 4.69) is 19.9 Å². The van der Waals surface area contributed by atoms with Crippen molar-refractivity contribution >= 4 is 27.1 Å². The predicted octanol–water partition coefficient (Wildman–Crippen LogP) is 1.14. The molecule has 1 aliphatic rings. The minimum Gasteiger partial charge on any atom is -0.473 e. The second-order valence-corrected chi connectivity index (χ2v) is 8.64. The number of imidazole rings is 1. The lowest BCUT2D eigenvalue weighted by atomic mass is 10.1. The molecule has 4 heterocycles. The van der Waals surface area contributed by atoms with Gasteiger partial charge >= 0.3 is 6.09 Å². The van der Waals surface area contributed by atoms with E-state index in [0.717, 1.165) is 6.26 Å². The number of hydrogen-bond acceptors (Lipinski definition) is 8. The highest BCUT2D eigenvalue weighted by molar-refractivity contribution is 7.90. The quantitative estimate of drug-likeness (QED) is 0.660. The summed E-state index contributed by atoms with van der Waals surface area (Å²) < 4.78 is 30.8. The first-order valence-corrected chi connectivity index (χ1v) is 10.7. The summed E-state index contributed by atoms with van der Waals surface area (Å²) in [6, 6.07) is 3.04. The summed E-state index contributed by atoms with van der Waals surface area (Å²) in [5.74, 6) is 0.322. The fourth-order valence-electron chi connectivity index (χ4n) is 3.15. The zero-order valence-corrected chi connectivity index (χ0v) is 16.3. The van der Waals surface area contributed by atoms with Crippen molar-refractivity contribution in [1.82, 2.24) is 29.4 Å². The number of ether oxygens (including phenoxy) is 1. The first-order chi connectivity index (χ1) is 13.8. The highest BCUT2D eigenvalue weighted by Crippen LogP contribution is 2.25. The molecule has 12 heteroatoms. The number of hydrogen-bond donors (Lipinski definition) is 1. The van der Waals surface area contributed by atoms with Gasteiger partial charge in [0.25, 0.3) is 0 Å². The number of amides is 1. The second kappa shape index (κ2) is 7.28. The van der Waals surface area contributed by atoms with Crippen molar-refractivity contribution in [2.75, 3.05) is 19.3 Å². The Kier molecular flexibility index (Phi) is 4.78. The lowest BCUT2D eigenvalue weighted by Gasteiger charge is -2.29. The van der Waals surface area contributed by atoms with Crippen molar-refractivity contribution < 1.29 is 23.1 Å². The van der Waals surface area contributed by atoms with Crippen molar-refractivity contribution in [2.45, 2.75) is 24.0 Å². The molecule has 0 bridgehead atoms. The number of piperidine rings is 1. The molecule has 0 spiro atoms. The van der Waals surface area contributed by atoms with E-state index in [9.17, 15) is 13.2 Å². The summed E-state index contributed by atoms with van der Waals surface area (Å²) in [6.45, 7) is 0.808. The van der Waals surface area contributed by atoms with Gasteiger partial charge in [0, 0.05) is 32.2 Å². The third kappa shape index (κ3) is 3.83. The first-order valence-electron chi connectivity index (χ1n) is 8.82. The molecule has 1 fully saturated rings. The van der Waals surface area contributed by atoms with E-state index < -0.39 is 15.9 Å². The van der Waals surface area contributed by atoms with Gasteiger partial charge in [-0.05, 0) is 12.1 Å². The van der Waals surface area contributed by atoms with E-state index in [1.165, 1.54) is 29.8 Å². The van der Waals surface area contributed by atoms with Gasteiger partial charge in [0.2, 0.25) is 5.88 Å². The average molecular weight is 418 g/mol. The number of fused-ring (bicyclic) bond motifs is 1. The molecule has 1 saturated heterocycles. The van der Waals surface area contributed by atoms with Gasteiger partial charge in [0.15, 0.2) is 26.0 Å². The lowest BCUT2D eigenvalue weighted by Crippen LogP contribution is -2.41. The standard InChI is InChI=1S/C17H18N6O5S/c1-29(26,27)13-3-2-11(8-18-13)23-10-21-14-15(23)19-9-20-16(14)28-12-4-6-22(7-5-12)17(24)25/h2-3,8-10,12H,4-7H2,1H3,(H,24,25). The molecule has 1 amide bonds. The van der Waals surface area contributed by atoms with Crippen molar-refractivity contribution in [3.05, 3.63) is 31.0 Å². The Hall–Kier alpha value is -3.28. The van der Waals surface area contributed by atoms with Crippen LogP contribution in [0.1, 0.15) is 12.8 Å². The molecule has 4 rings (SSSR count). The van der Waals surface area contributed by atoms with Crippen LogP contribution in [0.3, 0.4) is 0 Å². The Morgan fingerprint density at radius 3 is 2.55 bits per heavy atom. The highest BCUT2D eigenvalue weighted by atomic mass is 32.2. The van der Waals surface area contributed by atoms with Gasteiger partial charge in [-0.25, -0.2) is 28.2 Å². The monoisotopic (exact) mass is 418 g/mol. The molecule has 3 aromatic heterocycles. The molecule has 11 nitrogen and oxygen atoms in total. The van der Waals surface area contributed by atoms with Crippen LogP contribution in [0.4, 0.5) is 4.79 Å². The topological polar surface area (TPSA) is 140 Å². The van der Waals surface area contributed by atoms with Crippen LogP contribution in [0.5, 0.6) is 5.88 Å². The number of aromatic nitrogens is 5. The number of pyridine rings is 1. The highest BCUT2D eigenvalue weighted by Gasteiger charge is 2.25. The molecular weight excluding hydrogens is 400 g/mol. The first kappa shape index (κ1) is 19.1. The van der Waals surface area contributed by atoms with Gasteiger partial charge in [-0.3, -0.25) is 4.57 Å². The van der Waals surface area contributed by atoms with E-state index in [1.807, 2.05) is 0 Å². The molecule has 1 aliphatic heterocycles.